The Hall–Kier alpha value is -1.37. The van der Waals surface area contributed by atoms with Gasteiger partial charge in [0.05, 0.1) is 17.4 Å². The van der Waals surface area contributed by atoms with E-state index in [1.807, 2.05) is 30.3 Å². The topological polar surface area (TPSA) is 50.4 Å². The number of benzene rings is 1. The highest BCUT2D eigenvalue weighted by atomic mass is 79.9. The van der Waals surface area contributed by atoms with Crippen molar-refractivity contribution < 1.29 is 9.53 Å². The molecule has 1 aromatic carbocycles. The molecule has 1 amide bonds. The molecule has 2 N–H and O–H groups in total. The van der Waals surface area contributed by atoms with Gasteiger partial charge in [0.2, 0.25) is 5.91 Å². The SMILES string of the molecule is COc1ccc(NC(=O)CNCCc2ccc(Br)s2)cc1. The molecule has 1 aromatic heterocycles. The normalized spacial score (nSPS) is 10.4. The summed E-state index contributed by atoms with van der Waals surface area (Å²) in [4.78, 5) is 13.1. The Morgan fingerprint density at radius 2 is 2.00 bits per heavy atom. The molecular weight excluding hydrogens is 352 g/mol. The molecule has 2 rings (SSSR count). The van der Waals surface area contributed by atoms with Crippen molar-refractivity contribution >= 4 is 38.9 Å². The van der Waals surface area contributed by atoms with E-state index >= 15 is 0 Å². The van der Waals surface area contributed by atoms with E-state index in [-0.39, 0.29) is 5.91 Å². The molecule has 0 aliphatic rings. The minimum atomic E-state index is -0.0486. The van der Waals surface area contributed by atoms with Crippen molar-refractivity contribution in [1.82, 2.24) is 5.32 Å². The number of amides is 1. The highest BCUT2D eigenvalue weighted by Gasteiger charge is 2.03. The van der Waals surface area contributed by atoms with Gasteiger partial charge < -0.3 is 15.4 Å². The molecule has 0 unspecified atom stereocenters. The molecule has 0 fully saturated rings. The summed E-state index contributed by atoms with van der Waals surface area (Å²) in [6.07, 6.45) is 0.923. The summed E-state index contributed by atoms with van der Waals surface area (Å²) >= 11 is 5.15. The van der Waals surface area contributed by atoms with E-state index in [0.29, 0.717) is 6.54 Å². The van der Waals surface area contributed by atoms with E-state index in [1.165, 1.54) is 4.88 Å². The lowest BCUT2D eigenvalue weighted by Crippen LogP contribution is -2.29. The standard InChI is InChI=1S/C15H17BrN2O2S/c1-20-12-4-2-11(3-5-12)18-15(19)10-17-9-8-13-6-7-14(16)21-13/h2-7,17H,8-10H2,1H3,(H,18,19). The highest BCUT2D eigenvalue weighted by Crippen LogP contribution is 2.22. The van der Waals surface area contributed by atoms with Crippen molar-refractivity contribution in [2.24, 2.45) is 0 Å². The van der Waals surface area contributed by atoms with E-state index in [4.69, 9.17) is 4.74 Å². The van der Waals surface area contributed by atoms with Crippen LogP contribution in [0.4, 0.5) is 5.69 Å². The second-order valence-electron chi connectivity index (χ2n) is 4.41. The van der Waals surface area contributed by atoms with E-state index in [1.54, 1.807) is 18.4 Å². The molecule has 21 heavy (non-hydrogen) atoms. The van der Waals surface area contributed by atoms with E-state index in [0.717, 1.165) is 28.2 Å². The average Bonchev–Trinajstić information content (AvgIpc) is 2.90. The molecule has 112 valence electrons. The third kappa shape index (κ3) is 5.49. The third-order valence-corrected chi connectivity index (χ3v) is 4.52. The average molecular weight is 369 g/mol. The van der Waals surface area contributed by atoms with E-state index < -0.39 is 0 Å². The summed E-state index contributed by atoms with van der Waals surface area (Å²) in [5.41, 5.74) is 0.768. The number of carbonyl (C=O) groups excluding carboxylic acids is 1. The van der Waals surface area contributed by atoms with E-state index in [2.05, 4.69) is 32.6 Å². The van der Waals surface area contributed by atoms with Crippen LogP contribution in [0.25, 0.3) is 0 Å². The number of rotatable bonds is 7. The number of nitrogens with one attached hydrogen (secondary N) is 2. The number of methoxy groups -OCH3 is 1. The maximum Gasteiger partial charge on any atom is 0.238 e. The van der Waals surface area contributed by atoms with Gasteiger partial charge in [-0.2, -0.15) is 0 Å². The Labute approximate surface area is 136 Å². The van der Waals surface area contributed by atoms with Gasteiger partial charge in [0.25, 0.3) is 0 Å². The maximum atomic E-state index is 11.8. The molecule has 0 aliphatic carbocycles. The molecule has 0 spiro atoms. The van der Waals surface area contributed by atoms with Crippen LogP contribution in [0.1, 0.15) is 4.88 Å². The fourth-order valence-corrected chi connectivity index (χ4v) is 3.26. The lowest BCUT2D eigenvalue weighted by atomic mass is 10.3. The van der Waals surface area contributed by atoms with Crippen LogP contribution in [-0.4, -0.2) is 26.1 Å². The van der Waals surface area contributed by atoms with Gasteiger partial charge in [-0.05, 0) is 58.7 Å². The monoisotopic (exact) mass is 368 g/mol. The lowest BCUT2D eigenvalue weighted by Gasteiger charge is -2.07. The zero-order chi connectivity index (χ0) is 15.1. The van der Waals surface area contributed by atoms with Gasteiger partial charge in [-0.15, -0.1) is 11.3 Å². The van der Waals surface area contributed by atoms with Crippen LogP contribution in [0, 0.1) is 0 Å². The Balaban J connectivity index is 1.67. The molecule has 0 atom stereocenters. The van der Waals surface area contributed by atoms with Crippen molar-refractivity contribution in [3.05, 3.63) is 45.1 Å². The summed E-state index contributed by atoms with van der Waals surface area (Å²) in [7, 11) is 1.61. The molecule has 0 saturated heterocycles. The quantitative estimate of drug-likeness (QED) is 0.737. The molecule has 2 aromatic rings. The first-order valence-electron chi connectivity index (χ1n) is 6.56. The Morgan fingerprint density at radius 3 is 2.62 bits per heavy atom. The fourth-order valence-electron chi connectivity index (χ4n) is 1.78. The maximum absolute atomic E-state index is 11.8. The Kier molecular flexibility index (Phi) is 6.22. The van der Waals surface area contributed by atoms with Gasteiger partial charge in [-0.25, -0.2) is 0 Å². The fraction of sp³-hybridized carbons (Fsp3) is 0.267. The molecule has 0 saturated carbocycles. The number of hydrogen-bond acceptors (Lipinski definition) is 4. The molecule has 1 heterocycles. The van der Waals surface area contributed by atoms with Crippen LogP contribution in [0.2, 0.25) is 0 Å². The molecular formula is C15H17BrN2O2S. The summed E-state index contributed by atoms with van der Waals surface area (Å²) in [6.45, 7) is 1.08. The second kappa shape index (κ2) is 8.17. The summed E-state index contributed by atoms with van der Waals surface area (Å²) in [5.74, 6) is 0.723. The molecule has 4 nitrogen and oxygen atoms in total. The van der Waals surface area contributed by atoms with Crippen LogP contribution < -0.4 is 15.4 Å². The molecule has 6 heteroatoms. The van der Waals surface area contributed by atoms with Gasteiger partial charge in [-0.3, -0.25) is 4.79 Å². The molecule has 0 aliphatic heterocycles. The minimum absolute atomic E-state index is 0.0486. The number of thiophene rings is 1. The Morgan fingerprint density at radius 1 is 1.24 bits per heavy atom. The van der Waals surface area contributed by atoms with Crippen LogP contribution in [0.15, 0.2) is 40.2 Å². The zero-order valence-corrected chi connectivity index (χ0v) is 14.1. The van der Waals surface area contributed by atoms with E-state index in [9.17, 15) is 4.79 Å². The van der Waals surface area contributed by atoms with Crippen molar-refractivity contribution in [1.29, 1.82) is 0 Å². The van der Waals surface area contributed by atoms with Gasteiger partial charge in [0.1, 0.15) is 5.75 Å². The second-order valence-corrected chi connectivity index (χ2v) is 6.96. The molecule has 0 radical (unpaired) electrons. The summed E-state index contributed by atoms with van der Waals surface area (Å²) < 4.78 is 6.20. The lowest BCUT2D eigenvalue weighted by molar-refractivity contribution is -0.115. The predicted octanol–water partition coefficient (Wildman–Crippen LogP) is 3.29. The Bertz CT molecular complexity index is 584. The predicted molar refractivity (Wildman–Crippen MR) is 90.2 cm³/mol. The van der Waals surface area contributed by atoms with Crippen LogP contribution in [0.3, 0.4) is 0 Å². The first kappa shape index (κ1) is 16.0. The first-order valence-corrected chi connectivity index (χ1v) is 8.17. The van der Waals surface area contributed by atoms with Crippen molar-refractivity contribution in [3.63, 3.8) is 0 Å². The number of anilines is 1. The number of ether oxygens (including phenoxy) is 1. The van der Waals surface area contributed by atoms with Gasteiger partial charge in [-0.1, -0.05) is 0 Å². The highest BCUT2D eigenvalue weighted by molar-refractivity contribution is 9.11. The van der Waals surface area contributed by atoms with Gasteiger partial charge >= 0.3 is 0 Å². The van der Waals surface area contributed by atoms with Gasteiger partial charge in [0.15, 0.2) is 0 Å². The third-order valence-electron chi connectivity index (χ3n) is 2.84. The van der Waals surface area contributed by atoms with Crippen LogP contribution >= 0.6 is 27.3 Å². The summed E-state index contributed by atoms with van der Waals surface area (Å²) in [6, 6.07) is 11.4. The van der Waals surface area contributed by atoms with Crippen molar-refractivity contribution in [3.8, 4) is 5.75 Å². The summed E-state index contributed by atoms with van der Waals surface area (Å²) in [5, 5.41) is 5.97. The minimum Gasteiger partial charge on any atom is -0.497 e. The zero-order valence-electron chi connectivity index (χ0n) is 11.7. The largest absolute Gasteiger partial charge is 0.497 e. The van der Waals surface area contributed by atoms with Crippen molar-refractivity contribution in [2.75, 3.05) is 25.5 Å². The van der Waals surface area contributed by atoms with Crippen LogP contribution in [-0.2, 0) is 11.2 Å². The van der Waals surface area contributed by atoms with Crippen LogP contribution in [0.5, 0.6) is 5.75 Å². The first-order chi connectivity index (χ1) is 10.2. The number of carbonyl (C=O) groups is 1. The number of hydrogen-bond donors (Lipinski definition) is 2. The van der Waals surface area contributed by atoms with Gasteiger partial charge in [0, 0.05) is 17.1 Å². The number of halogens is 1. The van der Waals surface area contributed by atoms with Crippen molar-refractivity contribution in [2.45, 2.75) is 6.42 Å². The molecule has 0 bridgehead atoms. The smallest absolute Gasteiger partial charge is 0.238 e.